The molecule has 0 radical (unpaired) electrons. The maximum absolute atomic E-state index is 13.4. The largest absolute Gasteiger partial charge is 0.348 e. The van der Waals surface area contributed by atoms with Crippen LogP contribution < -0.4 is 0 Å². The number of carbonyl (C=O) groups excluding carboxylic acids is 1. The average molecular weight is 392 g/mol. The van der Waals surface area contributed by atoms with Crippen molar-refractivity contribution in [1.29, 1.82) is 0 Å². The number of aromatic nitrogens is 3. The van der Waals surface area contributed by atoms with E-state index in [1.54, 1.807) is 31.1 Å². The van der Waals surface area contributed by atoms with Gasteiger partial charge in [0.15, 0.2) is 11.0 Å². The number of thioether (sulfide) groups is 1. The van der Waals surface area contributed by atoms with E-state index < -0.39 is 0 Å². The number of benzene rings is 1. The van der Waals surface area contributed by atoms with Gasteiger partial charge in [-0.15, -0.1) is 10.2 Å². The fraction of sp³-hybridized carbons (Fsp3) is 0.526. The summed E-state index contributed by atoms with van der Waals surface area (Å²) in [7, 11) is 3.48. The van der Waals surface area contributed by atoms with E-state index in [9.17, 15) is 9.18 Å². The Balaban J connectivity index is 1.90. The third-order valence-electron chi connectivity index (χ3n) is 4.67. The Labute approximate surface area is 163 Å². The molecule has 146 valence electrons. The lowest BCUT2D eigenvalue weighted by molar-refractivity contribution is -0.127. The molecule has 1 unspecified atom stereocenters. The first-order valence-corrected chi connectivity index (χ1v) is 10.1. The zero-order chi connectivity index (χ0) is 19.4. The minimum Gasteiger partial charge on any atom is -0.348 e. The van der Waals surface area contributed by atoms with Crippen molar-refractivity contribution in [2.75, 3.05) is 27.2 Å². The summed E-state index contributed by atoms with van der Waals surface area (Å²) in [5, 5.41) is 9.11. The maximum atomic E-state index is 13.4. The van der Waals surface area contributed by atoms with Crippen molar-refractivity contribution in [3.8, 4) is 5.69 Å². The number of amides is 1. The molecule has 1 atom stereocenters. The van der Waals surface area contributed by atoms with E-state index >= 15 is 0 Å². The summed E-state index contributed by atoms with van der Waals surface area (Å²) in [6.07, 6.45) is 3.66. The van der Waals surface area contributed by atoms with E-state index in [0.717, 1.165) is 24.6 Å². The lowest BCUT2D eigenvalue weighted by Crippen LogP contribution is -2.30. The van der Waals surface area contributed by atoms with Gasteiger partial charge in [0.05, 0.1) is 11.8 Å². The van der Waals surface area contributed by atoms with E-state index in [2.05, 4.69) is 15.1 Å². The Hall–Kier alpha value is -1.93. The first kappa shape index (κ1) is 19.8. The first-order valence-electron chi connectivity index (χ1n) is 9.26. The van der Waals surface area contributed by atoms with Crippen molar-refractivity contribution in [1.82, 2.24) is 24.6 Å². The predicted molar refractivity (Wildman–Crippen MR) is 104 cm³/mol. The summed E-state index contributed by atoms with van der Waals surface area (Å²) < 4.78 is 15.3. The Kier molecular flexibility index (Phi) is 6.49. The predicted octanol–water partition coefficient (Wildman–Crippen LogP) is 2.96. The quantitative estimate of drug-likeness (QED) is 0.709. The molecule has 1 aliphatic rings. The normalized spacial score (nSPS) is 16.3. The Bertz CT molecular complexity index is 771. The van der Waals surface area contributed by atoms with Gasteiger partial charge < -0.3 is 4.90 Å². The van der Waals surface area contributed by atoms with Gasteiger partial charge in [0, 0.05) is 19.8 Å². The minimum absolute atomic E-state index is 0.0197. The highest BCUT2D eigenvalue weighted by atomic mass is 32.2. The highest BCUT2D eigenvalue weighted by Gasteiger charge is 2.23. The number of halogens is 1. The average Bonchev–Trinajstić information content (AvgIpc) is 3.04. The monoisotopic (exact) mass is 391 g/mol. The molecule has 1 saturated heterocycles. The molecule has 27 heavy (non-hydrogen) atoms. The number of piperidine rings is 1. The van der Waals surface area contributed by atoms with Crippen LogP contribution in [-0.2, 0) is 11.3 Å². The number of hydrogen-bond acceptors (Lipinski definition) is 5. The third kappa shape index (κ3) is 4.87. The molecule has 1 aromatic heterocycles. The number of carbonyl (C=O) groups is 1. The molecule has 2 heterocycles. The van der Waals surface area contributed by atoms with Crippen LogP contribution in [0.1, 0.15) is 32.0 Å². The van der Waals surface area contributed by atoms with Crippen LogP contribution >= 0.6 is 11.8 Å². The highest BCUT2D eigenvalue weighted by molar-refractivity contribution is 8.00. The van der Waals surface area contributed by atoms with Gasteiger partial charge in [0.25, 0.3) is 0 Å². The smallest absolute Gasteiger partial charge is 0.235 e. The number of nitrogens with zero attached hydrogens (tertiary/aromatic N) is 5. The zero-order valence-corrected chi connectivity index (χ0v) is 16.9. The summed E-state index contributed by atoms with van der Waals surface area (Å²) in [6.45, 7) is 4.66. The molecule has 0 spiro atoms. The van der Waals surface area contributed by atoms with Crippen molar-refractivity contribution in [3.63, 3.8) is 0 Å². The van der Waals surface area contributed by atoms with Crippen molar-refractivity contribution < 1.29 is 9.18 Å². The summed E-state index contributed by atoms with van der Waals surface area (Å²) in [6, 6.07) is 6.31. The maximum Gasteiger partial charge on any atom is 0.235 e. The summed E-state index contributed by atoms with van der Waals surface area (Å²) >= 11 is 1.37. The van der Waals surface area contributed by atoms with Crippen molar-refractivity contribution in [2.45, 2.75) is 43.1 Å². The topological polar surface area (TPSA) is 54.3 Å². The molecule has 6 nitrogen and oxygen atoms in total. The summed E-state index contributed by atoms with van der Waals surface area (Å²) in [4.78, 5) is 16.2. The first-order chi connectivity index (χ1) is 13.0. The zero-order valence-electron chi connectivity index (χ0n) is 16.1. The van der Waals surface area contributed by atoms with Crippen LogP contribution in [0, 0.1) is 5.82 Å². The SMILES string of the molecule is CC(Sc1nnc(CN2CCCCC2)n1-c1ccc(F)cc1)C(=O)N(C)C. The second-order valence-corrected chi connectivity index (χ2v) is 8.35. The molecule has 0 aliphatic carbocycles. The number of likely N-dealkylation sites (tertiary alicyclic amines) is 1. The molecule has 1 aliphatic heterocycles. The van der Waals surface area contributed by atoms with Crippen molar-refractivity contribution >= 4 is 17.7 Å². The molecule has 0 saturated carbocycles. The molecular weight excluding hydrogens is 365 g/mol. The molecule has 8 heteroatoms. The van der Waals surface area contributed by atoms with Gasteiger partial charge in [-0.05, 0) is 57.1 Å². The van der Waals surface area contributed by atoms with E-state index in [1.807, 2.05) is 11.5 Å². The van der Waals surface area contributed by atoms with Crippen LogP contribution in [0.25, 0.3) is 5.69 Å². The Morgan fingerprint density at radius 1 is 1.19 bits per heavy atom. The van der Waals surface area contributed by atoms with Crippen molar-refractivity contribution in [3.05, 3.63) is 35.9 Å². The summed E-state index contributed by atoms with van der Waals surface area (Å²) in [5.74, 6) is 0.552. The Morgan fingerprint density at radius 3 is 2.48 bits per heavy atom. The third-order valence-corrected chi connectivity index (χ3v) is 5.70. The van der Waals surface area contributed by atoms with Crippen LogP contribution in [0.15, 0.2) is 29.4 Å². The van der Waals surface area contributed by atoms with E-state index in [-0.39, 0.29) is 17.0 Å². The molecule has 3 rings (SSSR count). The van der Waals surface area contributed by atoms with Gasteiger partial charge in [-0.3, -0.25) is 14.3 Å². The Morgan fingerprint density at radius 2 is 1.85 bits per heavy atom. The fourth-order valence-corrected chi connectivity index (χ4v) is 4.25. The van der Waals surface area contributed by atoms with Gasteiger partial charge in [0.2, 0.25) is 5.91 Å². The highest BCUT2D eigenvalue weighted by Crippen LogP contribution is 2.27. The van der Waals surface area contributed by atoms with Gasteiger partial charge in [-0.1, -0.05) is 18.2 Å². The van der Waals surface area contributed by atoms with Crippen LogP contribution in [0.2, 0.25) is 0 Å². The van der Waals surface area contributed by atoms with Gasteiger partial charge in [0.1, 0.15) is 5.82 Å². The second kappa shape index (κ2) is 8.84. The molecular formula is C19H26FN5OS. The van der Waals surface area contributed by atoms with E-state index in [0.29, 0.717) is 11.7 Å². The second-order valence-electron chi connectivity index (χ2n) is 7.04. The van der Waals surface area contributed by atoms with Crippen LogP contribution in [0.4, 0.5) is 4.39 Å². The van der Waals surface area contributed by atoms with Gasteiger partial charge in [-0.25, -0.2) is 4.39 Å². The summed E-state index contributed by atoms with van der Waals surface area (Å²) in [5.41, 5.74) is 0.806. The molecule has 1 aromatic carbocycles. The van der Waals surface area contributed by atoms with Crippen molar-refractivity contribution in [2.24, 2.45) is 0 Å². The van der Waals surface area contributed by atoms with Gasteiger partial charge >= 0.3 is 0 Å². The van der Waals surface area contributed by atoms with Crippen LogP contribution in [-0.4, -0.2) is 62.9 Å². The lowest BCUT2D eigenvalue weighted by Gasteiger charge is -2.26. The van der Waals surface area contributed by atoms with E-state index in [4.69, 9.17) is 0 Å². The molecule has 1 fully saturated rings. The fourth-order valence-electron chi connectivity index (χ4n) is 3.22. The standard InChI is InChI=1S/C19H26FN5OS/c1-14(18(26)23(2)3)27-19-22-21-17(13-24-11-5-4-6-12-24)25(19)16-9-7-15(20)8-10-16/h7-10,14H,4-6,11-13H2,1-3H3. The van der Waals surface area contributed by atoms with Crippen LogP contribution in [0.5, 0.6) is 0 Å². The molecule has 0 N–H and O–H groups in total. The minimum atomic E-state index is -0.286. The molecule has 1 amide bonds. The van der Waals surface area contributed by atoms with Gasteiger partial charge in [-0.2, -0.15) is 0 Å². The molecule has 0 bridgehead atoms. The van der Waals surface area contributed by atoms with Crippen LogP contribution in [0.3, 0.4) is 0 Å². The number of rotatable bonds is 6. The lowest BCUT2D eigenvalue weighted by atomic mass is 10.1. The number of hydrogen-bond donors (Lipinski definition) is 0. The van der Waals surface area contributed by atoms with E-state index in [1.165, 1.54) is 43.2 Å². The molecule has 2 aromatic rings.